The number of hydrogen-bond acceptors (Lipinski definition) is 3. The molecule has 0 aromatic heterocycles. The lowest BCUT2D eigenvalue weighted by Gasteiger charge is -2.30. The van der Waals surface area contributed by atoms with E-state index in [1.807, 2.05) is 4.90 Å². The Balaban J connectivity index is 1.57. The van der Waals surface area contributed by atoms with Crippen molar-refractivity contribution in [3.8, 4) is 0 Å². The summed E-state index contributed by atoms with van der Waals surface area (Å²) < 4.78 is 13.3. The Bertz CT molecular complexity index is 560. The van der Waals surface area contributed by atoms with Gasteiger partial charge in [-0.2, -0.15) is 0 Å². The molecule has 0 bridgehead atoms. The molecule has 0 saturated carbocycles. The fourth-order valence-electron chi connectivity index (χ4n) is 3.96. The Hall–Kier alpha value is -1.46. The summed E-state index contributed by atoms with van der Waals surface area (Å²) >= 11 is 0. The van der Waals surface area contributed by atoms with Gasteiger partial charge < -0.3 is 14.9 Å². The predicted octanol–water partition coefficient (Wildman–Crippen LogP) is 1.92. The molecule has 2 saturated heterocycles. The number of halogens is 1. The number of carbonyl (C=O) groups excluding carboxylic acids is 1. The Morgan fingerprint density at radius 2 is 1.92 bits per heavy atom. The summed E-state index contributed by atoms with van der Waals surface area (Å²) in [5.74, 6) is 0.214. The molecule has 0 spiro atoms. The lowest BCUT2D eigenvalue weighted by atomic mass is 9.95. The van der Waals surface area contributed by atoms with Crippen LogP contribution >= 0.6 is 0 Å². The number of nitrogens with zero attached hydrogens (tertiary/aromatic N) is 2. The maximum atomic E-state index is 13.3. The molecule has 0 radical (unpaired) electrons. The van der Waals surface area contributed by atoms with E-state index in [9.17, 15) is 14.3 Å². The first-order valence-electron chi connectivity index (χ1n) is 9.01. The third-order valence-corrected chi connectivity index (χ3v) is 5.35. The standard InChI is InChI=1S/C19H27FN2O2/c20-18-6-4-5-15(9-18)10-19(24)22-12-16(17(13-22)14-23)11-21-7-2-1-3-8-21/h4-6,9,16-17,23H,1-3,7-8,10-14H2/t16-,17-/m1/s1. The Kier molecular flexibility index (Phi) is 5.85. The molecule has 0 unspecified atom stereocenters. The van der Waals surface area contributed by atoms with Crippen LogP contribution in [-0.2, 0) is 11.2 Å². The summed E-state index contributed by atoms with van der Waals surface area (Å²) in [4.78, 5) is 16.9. The number of hydrogen-bond donors (Lipinski definition) is 1. The summed E-state index contributed by atoms with van der Waals surface area (Å²) in [7, 11) is 0. The number of piperidine rings is 1. The molecule has 1 amide bonds. The molecule has 1 aromatic rings. The molecule has 2 aliphatic heterocycles. The smallest absolute Gasteiger partial charge is 0.227 e. The minimum absolute atomic E-state index is 0.0280. The first-order chi connectivity index (χ1) is 11.7. The van der Waals surface area contributed by atoms with E-state index in [0.29, 0.717) is 24.6 Å². The van der Waals surface area contributed by atoms with Gasteiger partial charge in [0.1, 0.15) is 5.82 Å². The van der Waals surface area contributed by atoms with Crippen molar-refractivity contribution in [1.82, 2.24) is 9.80 Å². The molecule has 0 aliphatic carbocycles. The van der Waals surface area contributed by atoms with E-state index in [-0.39, 0.29) is 30.7 Å². The number of likely N-dealkylation sites (tertiary alicyclic amines) is 2. The van der Waals surface area contributed by atoms with Crippen LogP contribution in [0.4, 0.5) is 4.39 Å². The molecule has 2 heterocycles. The lowest BCUT2D eigenvalue weighted by molar-refractivity contribution is -0.129. The number of benzene rings is 1. The summed E-state index contributed by atoms with van der Waals surface area (Å²) in [6.07, 6.45) is 4.03. The predicted molar refractivity (Wildman–Crippen MR) is 91.0 cm³/mol. The SMILES string of the molecule is O=C(Cc1cccc(F)c1)N1C[C@@H](CN2CCCCC2)[C@@H](CO)C1. The monoisotopic (exact) mass is 334 g/mol. The highest BCUT2D eigenvalue weighted by atomic mass is 19.1. The third kappa shape index (κ3) is 4.33. The van der Waals surface area contributed by atoms with Crippen molar-refractivity contribution in [2.75, 3.05) is 39.3 Å². The van der Waals surface area contributed by atoms with Crippen molar-refractivity contribution >= 4 is 5.91 Å². The van der Waals surface area contributed by atoms with Crippen LogP contribution in [0.5, 0.6) is 0 Å². The zero-order valence-electron chi connectivity index (χ0n) is 14.2. The van der Waals surface area contributed by atoms with Gasteiger partial charge in [-0.05, 0) is 49.5 Å². The minimum Gasteiger partial charge on any atom is -0.396 e. The summed E-state index contributed by atoms with van der Waals surface area (Å²) in [5, 5.41) is 9.69. The number of amides is 1. The summed E-state index contributed by atoms with van der Waals surface area (Å²) in [5.41, 5.74) is 0.708. The Morgan fingerprint density at radius 1 is 1.17 bits per heavy atom. The van der Waals surface area contributed by atoms with Crippen molar-refractivity contribution in [3.05, 3.63) is 35.6 Å². The number of aliphatic hydroxyl groups is 1. The van der Waals surface area contributed by atoms with Gasteiger partial charge in [-0.1, -0.05) is 18.6 Å². The van der Waals surface area contributed by atoms with Crippen LogP contribution in [0.25, 0.3) is 0 Å². The van der Waals surface area contributed by atoms with E-state index in [2.05, 4.69) is 4.90 Å². The molecule has 2 fully saturated rings. The van der Waals surface area contributed by atoms with Gasteiger partial charge in [0, 0.05) is 32.2 Å². The molecular weight excluding hydrogens is 307 g/mol. The largest absolute Gasteiger partial charge is 0.396 e. The number of aliphatic hydroxyl groups excluding tert-OH is 1. The molecule has 2 aliphatic rings. The van der Waals surface area contributed by atoms with Gasteiger partial charge in [-0.25, -0.2) is 4.39 Å². The van der Waals surface area contributed by atoms with Crippen molar-refractivity contribution in [2.45, 2.75) is 25.7 Å². The first kappa shape index (κ1) is 17.4. The Morgan fingerprint density at radius 3 is 2.62 bits per heavy atom. The third-order valence-electron chi connectivity index (χ3n) is 5.35. The number of rotatable bonds is 5. The van der Waals surface area contributed by atoms with Crippen LogP contribution in [0.15, 0.2) is 24.3 Å². The van der Waals surface area contributed by atoms with E-state index in [0.717, 1.165) is 19.6 Å². The maximum Gasteiger partial charge on any atom is 0.227 e. The van der Waals surface area contributed by atoms with Crippen molar-refractivity contribution < 1.29 is 14.3 Å². The van der Waals surface area contributed by atoms with Gasteiger partial charge in [0.05, 0.1) is 6.42 Å². The zero-order chi connectivity index (χ0) is 16.9. The molecule has 24 heavy (non-hydrogen) atoms. The fraction of sp³-hybridized carbons (Fsp3) is 0.632. The maximum absolute atomic E-state index is 13.3. The average Bonchev–Trinajstić information content (AvgIpc) is 2.99. The second kappa shape index (κ2) is 8.08. The van der Waals surface area contributed by atoms with Crippen molar-refractivity contribution in [3.63, 3.8) is 0 Å². The van der Waals surface area contributed by atoms with E-state index in [4.69, 9.17) is 0 Å². The fourth-order valence-corrected chi connectivity index (χ4v) is 3.96. The quantitative estimate of drug-likeness (QED) is 0.895. The van der Waals surface area contributed by atoms with E-state index in [1.165, 1.54) is 31.4 Å². The molecule has 1 aromatic carbocycles. The molecule has 5 heteroatoms. The zero-order valence-corrected chi connectivity index (χ0v) is 14.2. The minimum atomic E-state index is -0.307. The highest BCUT2D eigenvalue weighted by molar-refractivity contribution is 5.79. The van der Waals surface area contributed by atoms with Crippen molar-refractivity contribution in [1.29, 1.82) is 0 Å². The highest BCUT2D eigenvalue weighted by Crippen LogP contribution is 2.26. The number of carbonyl (C=O) groups is 1. The van der Waals surface area contributed by atoms with Crippen LogP contribution in [0.3, 0.4) is 0 Å². The van der Waals surface area contributed by atoms with Crippen LogP contribution in [0, 0.1) is 17.7 Å². The van der Waals surface area contributed by atoms with Crippen LogP contribution in [-0.4, -0.2) is 60.1 Å². The van der Waals surface area contributed by atoms with Gasteiger partial charge in [-0.15, -0.1) is 0 Å². The van der Waals surface area contributed by atoms with Crippen LogP contribution in [0.1, 0.15) is 24.8 Å². The average molecular weight is 334 g/mol. The second-order valence-electron chi connectivity index (χ2n) is 7.17. The van der Waals surface area contributed by atoms with E-state index >= 15 is 0 Å². The van der Waals surface area contributed by atoms with Crippen LogP contribution < -0.4 is 0 Å². The summed E-state index contributed by atoms with van der Waals surface area (Å²) in [6, 6.07) is 6.23. The van der Waals surface area contributed by atoms with Crippen LogP contribution in [0.2, 0.25) is 0 Å². The highest BCUT2D eigenvalue weighted by Gasteiger charge is 2.35. The normalized spacial score (nSPS) is 25.2. The van der Waals surface area contributed by atoms with Gasteiger partial charge in [0.2, 0.25) is 5.91 Å². The second-order valence-corrected chi connectivity index (χ2v) is 7.17. The topological polar surface area (TPSA) is 43.8 Å². The molecular formula is C19H27FN2O2. The van der Waals surface area contributed by atoms with Crippen molar-refractivity contribution in [2.24, 2.45) is 11.8 Å². The molecule has 132 valence electrons. The first-order valence-corrected chi connectivity index (χ1v) is 9.01. The molecule has 4 nitrogen and oxygen atoms in total. The molecule has 3 rings (SSSR count). The molecule has 2 atom stereocenters. The lowest BCUT2D eigenvalue weighted by Crippen LogP contribution is -2.37. The summed E-state index contributed by atoms with van der Waals surface area (Å²) in [6.45, 7) is 4.67. The molecule has 1 N–H and O–H groups in total. The van der Waals surface area contributed by atoms with E-state index in [1.54, 1.807) is 12.1 Å². The van der Waals surface area contributed by atoms with Gasteiger partial charge >= 0.3 is 0 Å². The van der Waals surface area contributed by atoms with E-state index < -0.39 is 0 Å². The Labute approximate surface area is 143 Å². The van der Waals surface area contributed by atoms with Gasteiger partial charge in [0.15, 0.2) is 0 Å². The van der Waals surface area contributed by atoms with Gasteiger partial charge in [-0.3, -0.25) is 4.79 Å². The van der Waals surface area contributed by atoms with Gasteiger partial charge in [0.25, 0.3) is 0 Å².